The van der Waals surface area contributed by atoms with Crippen LogP contribution in [0.15, 0.2) is 35.1 Å². The van der Waals surface area contributed by atoms with Crippen molar-refractivity contribution in [3.05, 3.63) is 51.1 Å². The molecule has 2 heterocycles. The maximum Gasteiger partial charge on any atom is 0.282 e. The Kier molecular flexibility index (Phi) is 3.34. The lowest BCUT2D eigenvalue weighted by Crippen LogP contribution is -2.30. The van der Waals surface area contributed by atoms with Crippen molar-refractivity contribution in [3.8, 4) is 0 Å². The molecule has 4 rings (SSSR count). The fourth-order valence-corrected chi connectivity index (χ4v) is 4.51. The number of hydrogen-bond donors (Lipinski definition) is 2. The lowest BCUT2D eigenvalue weighted by molar-refractivity contribution is 0.509. The highest BCUT2D eigenvalue weighted by Gasteiger charge is 2.24. The summed E-state index contributed by atoms with van der Waals surface area (Å²) in [5.41, 5.74) is 1.85. The van der Waals surface area contributed by atoms with Gasteiger partial charge in [0.25, 0.3) is 5.56 Å². The smallest absolute Gasteiger partial charge is 0.282 e. The Balaban J connectivity index is 1.85. The topological polar surface area (TPSA) is 72.9 Å². The number of nitrogens with zero attached hydrogens (tertiary/aromatic N) is 2. The number of benzene rings is 1. The highest BCUT2D eigenvalue weighted by molar-refractivity contribution is 7.18. The molecule has 0 saturated heterocycles. The maximum atomic E-state index is 12.7. The zero-order valence-corrected chi connectivity index (χ0v) is 13.7. The van der Waals surface area contributed by atoms with Gasteiger partial charge >= 0.3 is 0 Å². The quantitative estimate of drug-likeness (QED) is 0.710. The van der Waals surface area contributed by atoms with Crippen molar-refractivity contribution >= 4 is 33.2 Å². The first-order valence-electron chi connectivity index (χ1n) is 7.78. The van der Waals surface area contributed by atoms with Crippen molar-refractivity contribution in [3.63, 3.8) is 0 Å². The van der Waals surface area contributed by atoms with Crippen LogP contribution in [0.25, 0.3) is 10.2 Å². The Bertz CT molecular complexity index is 929. The van der Waals surface area contributed by atoms with Gasteiger partial charge in [0.1, 0.15) is 4.83 Å². The van der Waals surface area contributed by atoms with E-state index >= 15 is 0 Å². The highest BCUT2D eigenvalue weighted by atomic mass is 32.1. The molecule has 23 heavy (non-hydrogen) atoms. The van der Waals surface area contributed by atoms with Crippen LogP contribution < -0.4 is 16.7 Å². The van der Waals surface area contributed by atoms with E-state index in [0.717, 1.165) is 40.0 Å². The number of nitrogens with one attached hydrogen (secondary N) is 1. The molecule has 3 aromatic rings. The first kappa shape index (κ1) is 14.3. The summed E-state index contributed by atoms with van der Waals surface area (Å²) in [4.78, 5) is 19.4. The molecule has 6 heteroatoms. The molecule has 0 amide bonds. The number of nitrogen functional groups attached to an aromatic ring is 1. The minimum absolute atomic E-state index is 0.166. The molecule has 118 valence electrons. The number of nitrogens with two attached hydrogens (primary N) is 1. The van der Waals surface area contributed by atoms with Gasteiger partial charge in [-0.1, -0.05) is 25.1 Å². The number of anilines is 2. The number of hydrogen-bond acceptors (Lipinski definition) is 5. The summed E-state index contributed by atoms with van der Waals surface area (Å²) >= 11 is 1.63. The molecule has 5 nitrogen and oxygen atoms in total. The molecular weight excluding hydrogens is 308 g/mol. The van der Waals surface area contributed by atoms with E-state index in [4.69, 9.17) is 5.84 Å². The van der Waals surface area contributed by atoms with Crippen LogP contribution in [0.3, 0.4) is 0 Å². The van der Waals surface area contributed by atoms with E-state index in [-0.39, 0.29) is 5.56 Å². The third kappa shape index (κ3) is 2.39. The molecule has 1 unspecified atom stereocenters. The van der Waals surface area contributed by atoms with Crippen LogP contribution in [0.2, 0.25) is 0 Å². The SMILES string of the molecule is CC1CCc2c(sc3nc(Nc4ccccc4)n(N)c(=O)c23)C1. The van der Waals surface area contributed by atoms with E-state index in [9.17, 15) is 4.79 Å². The molecular formula is C17H18N4OS. The lowest BCUT2D eigenvalue weighted by Gasteiger charge is -2.17. The van der Waals surface area contributed by atoms with Crippen LogP contribution in [0.1, 0.15) is 23.8 Å². The Labute approximate surface area is 137 Å². The fourth-order valence-electron chi connectivity index (χ4n) is 3.14. The normalized spacial score (nSPS) is 17.2. The summed E-state index contributed by atoms with van der Waals surface area (Å²) in [5, 5.41) is 3.83. The minimum atomic E-state index is -0.166. The molecule has 3 N–H and O–H groups in total. The van der Waals surface area contributed by atoms with E-state index < -0.39 is 0 Å². The number of aryl methyl sites for hydroxylation is 1. The van der Waals surface area contributed by atoms with Crippen LogP contribution in [0.4, 0.5) is 11.6 Å². The van der Waals surface area contributed by atoms with Crippen molar-refractivity contribution in [1.29, 1.82) is 0 Å². The molecule has 2 aromatic heterocycles. The molecule has 0 radical (unpaired) electrons. The molecule has 0 bridgehead atoms. The molecule has 0 fully saturated rings. The molecule has 0 saturated carbocycles. The van der Waals surface area contributed by atoms with Crippen LogP contribution in [0.5, 0.6) is 0 Å². The van der Waals surface area contributed by atoms with Crippen molar-refractivity contribution in [2.45, 2.75) is 26.2 Å². The summed E-state index contributed by atoms with van der Waals surface area (Å²) < 4.78 is 1.13. The average Bonchev–Trinajstić information content (AvgIpc) is 2.90. The number of thiophene rings is 1. The Hall–Kier alpha value is -2.34. The Morgan fingerprint density at radius 2 is 2.13 bits per heavy atom. The Morgan fingerprint density at radius 3 is 2.91 bits per heavy atom. The predicted octanol–water partition coefficient (Wildman–Crippen LogP) is 3.04. The second-order valence-electron chi connectivity index (χ2n) is 6.13. The number of aromatic nitrogens is 2. The average molecular weight is 326 g/mol. The monoisotopic (exact) mass is 326 g/mol. The van der Waals surface area contributed by atoms with Gasteiger partial charge in [0.05, 0.1) is 5.39 Å². The van der Waals surface area contributed by atoms with Gasteiger partial charge in [0, 0.05) is 10.6 Å². The van der Waals surface area contributed by atoms with Gasteiger partial charge in [0.2, 0.25) is 5.95 Å². The number of para-hydroxylation sites is 1. The third-order valence-corrected chi connectivity index (χ3v) is 5.54. The van der Waals surface area contributed by atoms with Gasteiger partial charge in [-0.15, -0.1) is 11.3 Å². The summed E-state index contributed by atoms with van der Waals surface area (Å²) in [7, 11) is 0. The van der Waals surface area contributed by atoms with Gasteiger partial charge in [-0.2, -0.15) is 4.68 Å². The zero-order valence-electron chi connectivity index (χ0n) is 12.9. The van der Waals surface area contributed by atoms with E-state index in [1.54, 1.807) is 11.3 Å². The van der Waals surface area contributed by atoms with Crippen LogP contribution in [0, 0.1) is 5.92 Å². The van der Waals surface area contributed by atoms with Crippen molar-refractivity contribution in [2.24, 2.45) is 5.92 Å². The molecule has 0 spiro atoms. The van der Waals surface area contributed by atoms with Crippen molar-refractivity contribution in [2.75, 3.05) is 11.2 Å². The zero-order chi connectivity index (χ0) is 16.0. The maximum absolute atomic E-state index is 12.7. The van der Waals surface area contributed by atoms with Crippen molar-refractivity contribution in [1.82, 2.24) is 9.66 Å². The van der Waals surface area contributed by atoms with Gasteiger partial charge in [-0.05, 0) is 42.9 Å². The summed E-state index contributed by atoms with van der Waals surface area (Å²) in [5.74, 6) is 7.04. The molecule has 1 aliphatic rings. The molecule has 1 atom stereocenters. The van der Waals surface area contributed by atoms with Crippen LogP contribution in [-0.2, 0) is 12.8 Å². The summed E-state index contributed by atoms with van der Waals surface area (Å²) in [6.45, 7) is 2.25. The van der Waals surface area contributed by atoms with Gasteiger partial charge < -0.3 is 11.2 Å². The number of fused-ring (bicyclic) bond motifs is 3. The van der Waals surface area contributed by atoms with E-state index in [2.05, 4.69) is 17.2 Å². The first-order valence-corrected chi connectivity index (χ1v) is 8.59. The Morgan fingerprint density at radius 1 is 1.35 bits per heavy atom. The molecule has 1 aromatic carbocycles. The summed E-state index contributed by atoms with van der Waals surface area (Å²) in [6.07, 6.45) is 3.09. The lowest BCUT2D eigenvalue weighted by atomic mass is 9.89. The van der Waals surface area contributed by atoms with Gasteiger partial charge in [-0.25, -0.2) is 4.98 Å². The molecule has 1 aliphatic carbocycles. The van der Waals surface area contributed by atoms with E-state index in [1.165, 1.54) is 4.88 Å². The van der Waals surface area contributed by atoms with E-state index in [1.807, 2.05) is 30.3 Å². The largest absolute Gasteiger partial charge is 0.333 e. The van der Waals surface area contributed by atoms with E-state index in [0.29, 0.717) is 17.3 Å². The first-order chi connectivity index (χ1) is 11.1. The van der Waals surface area contributed by atoms with Gasteiger partial charge in [-0.3, -0.25) is 4.79 Å². The third-order valence-electron chi connectivity index (χ3n) is 4.39. The predicted molar refractivity (Wildman–Crippen MR) is 94.9 cm³/mol. The van der Waals surface area contributed by atoms with Crippen LogP contribution >= 0.6 is 11.3 Å². The fraction of sp³-hybridized carbons (Fsp3) is 0.294. The number of rotatable bonds is 2. The molecule has 0 aliphatic heterocycles. The van der Waals surface area contributed by atoms with Crippen molar-refractivity contribution < 1.29 is 0 Å². The summed E-state index contributed by atoms with van der Waals surface area (Å²) in [6, 6.07) is 9.61. The van der Waals surface area contributed by atoms with Crippen LogP contribution in [-0.4, -0.2) is 9.66 Å². The van der Waals surface area contributed by atoms with Gasteiger partial charge in [0.15, 0.2) is 0 Å². The highest BCUT2D eigenvalue weighted by Crippen LogP contribution is 2.36. The second-order valence-corrected chi connectivity index (χ2v) is 7.22. The second kappa shape index (κ2) is 5.38. The minimum Gasteiger partial charge on any atom is -0.333 e. The standard InChI is InChI=1S/C17H18N4OS/c1-10-7-8-12-13(9-10)23-15-14(12)16(22)21(18)17(20-15)19-11-5-3-2-4-6-11/h2-6,10H,7-9,18H2,1H3,(H,19,20).